The molecule has 2 heterocycles. The molecule has 2 saturated heterocycles. The molecule has 8 rings (SSSR count). The largest absolute Gasteiger partial charge is 0.369 e. The van der Waals surface area contributed by atoms with Crippen LogP contribution in [-0.2, 0) is 32.4 Å². The third-order valence-electron chi connectivity index (χ3n) is 13.2. The second-order valence-electron chi connectivity index (χ2n) is 16.6. The van der Waals surface area contributed by atoms with Crippen molar-refractivity contribution in [2.75, 3.05) is 76.3 Å². The minimum atomic E-state index is -0.320. The van der Waals surface area contributed by atoms with E-state index in [1.165, 1.54) is 39.2 Å². The van der Waals surface area contributed by atoms with E-state index in [4.69, 9.17) is 5.73 Å². The summed E-state index contributed by atoms with van der Waals surface area (Å²) in [6.45, 7) is 15.2. The number of hydrogen-bond acceptors (Lipinski definition) is 6. The lowest BCUT2D eigenvalue weighted by molar-refractivity contribution is 0.0567. The summed E-state index contributed by atoms with van der Waals surface area (Å²) in [4.78, 5) is 13.1. The molecule has 3 atom stereocenters. The van der Waals surface area contributed by atoms with E-state index in [2.05, 4.69) is 137 Å². The van der Waals surface area contributed by atoms with Crippen LogP contribution in [0.4, 0.5) is 11.4 Å². The van der Waals surface area contributed by atoms with Gasteiger partial charge in [-0.05, 0) is 123 Å². The predicted octanol–water partition coefficient (Wildman–Crippen LogP) is 7.00. The highest BCUT2D eigenvalue weighted by Crippen LogP contribution is 2.52. The van der Waals surface area contributed by atoms with Crippen LogP contribution in [-0.4, -0.2) is 86.7 Å². The van der Waals surface area contributed by atoms with E-state index in [9.17, 15) is 0 Å². The van der Waals surface area contributed by atoms with Crippen LogP contribution in [0.5, 0.6) is 0 Å². The molecule has 0 radical (unpaired) electrons. The first-order valence-corrected chi connectivity index (χ1v) is 20.0. The van der Waals surface area contributed by atoms with Gasteiger partial charge in [-0.1, -0.05) is 72.8 Å². The Bertz CT molecular complexity index is 1780. The van der Waals surface area contributed by atoms with Crippen molar-refractivity contribution in [2.24, 2.45) is 11.7 Å². The number of aryl methyl sites for hydroxylation is 2. The van der Waals surface area contributed by atoms with Gasteiger partial charge in [-0.15, -0.1) is 0 Å². The maximum atomic E-state index is 8.10. The maximum absolute atomic E-state index is 8.10. The molecule has 6 heteroatoms. The third kappa shape index (κ3) is 7.03. The molecule has 4 aromatic rings. The van der Waals surface area contributed by atoms with Crippen LogP contribution < -0.4 is 15.5 Å². The molecule has 4 aromatic carbocycles. The Balaban J connectivity index is 1.26. The van der Waals surface area contributed by atoms with Gasteiger partial charge in [0, 0.05) is 88.4 Å². The quantitative estimate of drug-likeness (QED) is 0.214. The van der Waals surface area contributed by atoms with E-state index in [1.54, 1.807) is 16.7 Å². The van der Waals surface area contributed by atoms with Crippen molar-refractivity contribution in [2.45, 2.75) is 70.6 Å². The number of rotatable bonds is 8. The fraction of sp³-hybridized carbons (Fsp3) is 0.478. The molecular weight excluding hydrogens is 637 g/mol. The van der Waals surface area contributed by atoms with Crippen LogP contribution in [0.25, 0.3) is 0 Å². The molecule has 0 aromatic heterocycles. The number of benzene rings is 4. The zero-order valence-corrected chi connectivity index (χ0v) is 32.2. The van der Waals surface area contributed by atoms with Crippen molar-refractivity contribution in [1.29, 1.82) is 0 Å². The number of hydrogen-bond donors (Lipinski definition) is 1. The Labute approximate surface area is 313 Å². The van der Waals surface area contributed by atoms with Crippen LogP contribution in [0, 0.1) is 19.8 Å². The number of piperazine rings is 2. The maximum Gasteiger partial charge on any atom is 0.0424 e. The molecule has 2 fully saturated rings. The topological polar surface area (TPSA) is 42.2 Å². The molecular formula is C46H60N6. The lowest BCUT2D eigenvalue weighted by atomic mass is 9.62. The molecule has 0 spiro atoms. The van der Waals surface area contributed by atoms with Gasteiger partial charge in [0.15, 0.2) is 0 Å². The molecule has 0 bridgehead atoms. The molecule has 2 N–H and O–H groups in total. The summed E-state index contributed by atoms with van der Waals surface area (Å²) in [7, 11) is 4.52. The van der Waals surface area contributed by atoms with Crippen molar-refractivity contribution >= 4 is 11.4 Å². The molecule has 1 unspecified atom stereocenters. The fourth-order valence-corrected chi connectivity index (χ4v) is 10.1. The van der Waals surface area contributed by atoms with E-state index < -0.39 is 0 Å². The average molecular weight is 697 g/mol. The Morgan fingerprint density at radius 2 is 1.13 bits per heavy atom. The fourth-order valence-electron chi connectivity index (χ4n) is 10.1. The molecule has 2 aliphatic heterocycles. The van der Waals surface area contributed by atoms with Crippen LogP contribution in [0.1, 0.15) is 63.4 Å². The highest BCUT2D eigenvalue weighted by molar-refractivity contribution is 5.64. The van der Waals surface area contributed by atoms with Gasteiger partial charge < -0.3 is 25.3 Å². The minimum absolute atomic E-state index is 0.196. The summed E-state index contributed by atoms with van der Waals surface area (Å²) in [6, 6.07) is 32.2. The van der Waals surface area contributed by atoms with Gasteiger partial charge in [0.05, 0.1) is 0 Å². The molecule has 0 saturated carbocycles. The first-order chi connectivity index (χ1) is 25.3. The van der Waals surface area contributed by atoms with Crippen LogP contribution in [0.3, 0.4) is 0 Å². The zero-order chi connectivity index (χ0) is 35.8. The van der Waals surface area contributed by atoms with Crippen molar-refractivity contribution in [3.63, 3.8) is 0 Å². The van der Waals surface area contributed by atoms with Crippen LogP contribution in [0.15, 0.2) is 84.9 Å². The van der Waals surface area contributed by atoms with Gasteiger partial charge in [0.25, 0.3) is 0 Å². The summed E-state index contributed by atoms with van der Waals surface area (Å²) in [5.41, 5.74) is 22.5. The van der Waals surface area contributed by atoms with E-state index in [0.29, 0.717) is 5.92 Å². The Kier molecular flexibility index (Phi) is 10.2. The monoisotopic (exact) mass is 696 g/mol. The van der Waals surface area contributed by atoms with Gasteiger partial charge in [-0.3, -0.25) is 4.90 Å². The number of fused-ring (bicyclic) bond motifs is 2. The van der Waals surface area contributed by atoms with Crippen LogP contribution >= 0.6 is 0 Å². The SMILES string of the molecule is Cc1ccc(N2CCN(C)CC2)c2c1CC[C@](N)(C1CCc3c(C)ccc(N4CCN(C)CC4)c3[C@@H]1N(Cc1ccccc1)Cc1ccccc1)C2. The number of likely N-dealkylation sites (N-methyl/N-ethyl adjacent to an activating group) is 2. The van der Waals surface area contributed by atoms with E-state index in [1.807, 2.05) is 0 Å². The number of nitrogens with zero attached hydrogens (tertiary/aromatic N) is 5. The molecule has 0 amide bonds. The summed E-state index contributed by atoms with van der Waals surface area (Å²) >= 11 is 0. The summed E-state index contributed by atoms with van der Waals surface area (Å²) in [6.07, 6.45) is 5.25. The van der Waals surface area contributed by atoms with Crippen molar-refractivity contribution in [3.05, 3.63) is 129 Å². The van der Waals surface area contributed by atoms with Crippen molar-refractivity contribution < 1.29 is 0 Å². The summed E-state index contributed by atoms with van der Waals surface area (Å²) in [5.74, 6) is 0.314. The summed E-state index contributed by atoms with van der Waals surface area (Å²) in [5, 5.41) is 0. The van der Waals surface area contributed by atoms with Gasteiger partial charge in [-0.2, -0.15) is 0 Å². The van der Waals surface area contributed by atoms with Gasteiger partial charge in [-0.25, -0.2) is 0 Å². The molecule has 4 aliphatic rings. The standard InChI is InChI=1S/C46H60N6/c1-34-15-19-42(50-27-23-48(3)24-28-50)40-31-46(47,22-21-38(34)40)41-18-17-39-35(2)16-20-43(51-29-25-49(4)26-30-51)44(39)45(41)52(32-36-11-7-5-8-12-36)33-37-13-9-6-10-14-37/h5-16,19-20,41,45H,17-18,21-33,47H2,1-4H3/t41?,45-,46-/m1/s1. The van der Waals surface area contributed by atoms with Crippen molar-refractivity contribution in [3.8, 4) is 0 Å². The minimum Gasteiger partial charge on any atom is -0.369 e. The van der Waals surface area contributed by atoms with Gasteiger partial charge in [0.2, 0.25) is 0 Å². The van der Waals surface area contributed by atoms with E-state index >= 15 is 0 Å². The van der Waals surface area contributed by atoms with Gasteiger partial charge in [0.1, 0.15) is 0 Å². The Hall–Kier alpha value is -3.68. The lowest BCUT2D eigenvalue weighted by Crippen LogP contribution is -2.57. The highest BCUT2D eigenvalue weighted by Gasteiger charge is 2.48. The molecule has 6 nitrogen and oxygen atoms in total. The predicted molar refractivity (Wildman–Crippen MR) is 217 cm³/mol. The van der Waals surface area contributed by atoms with Crippen LogP contribution in [0.2, 0.25) is 0 Å². The molecule has 274 valence electrons. The smallest absolute Gasteiger partial charge is 0.0424 e. The van der Waals surface area contributed by atoms with E-state index in [-0.39, 0.29) is 11.6 Å². The second-order valence-corrected chi connectivity index (χ2v) is 16.6. The number of nitrogens with two attached hydrogens (primary N) is 1. The Morgan fingerprint density at radius 1 is 0.615 bits per heavy atom. The van der Waals surface area contributed by atoms with Crippen molar-refractivity contribution in [1.82, 2.24) is 14.7 Å². The number of anilines is 2. The lowest BCUT2D eigenvalue weighted by Gasteiger charge is -2.52. The Morgan fingerprint density at radius 3 is 1.71 bits per heavy atom. The highest BCUT2D eigenvalue weighted by atomic mass is 15.3. The normalized spacial score (nSPS) is 24.2. The second kappa shape index (κ2) is 15.0. The zero-order valence-electron chi connectivity index (χ0n) is 32.2. The first kappa shape index (κ1) is 35.4. The molecule has 52 heavy (non-hydrogen) atoms. The van der Waals surface area contributed by atoms with E-state index in [0.717, 1.165) is 97.6 Å². The van der Waals surface area contributed by atoms with Gasteiger partial charge >= 0.3 is 0 Å². The average Bonchev–Trinajstić information content (AvgIpc) is 3.16. The summed E-state index contributed by atoms with van der Waals surface area (Å²) < 4.78 is 0. The third-order valence-corrected chi connectivity index (χ3v) is 13.2. The molecule has 2 aliphatic carbocycles. The first-order valence-electron chi connectivity index (χ1n) is 20.0.